The van der Waals surface area contributed by atoms with Gasteiger partial charge in [0.1, 0.15) is 10.8 Å². The molecule has 1 radical (unpaired) electrons. The zero-order valence-corrected chi connectivity index (χ0v) is 13.8. The van der Waals surface area contributed by atoms with Crippen LogP contribution in [0.3, 0.4) is 0 Å². The van der Waals surface area contributed by atoms with Crippen LogP contribution in [0.15, 0.2) is 18.2 Å². The molecule has 11 heteroatoms. The first kappa shape index (κ1) is 18.8. The molecule has 0 unspecified atom stereocenters. The number of hydrogen-bond donors (Lipinski definition) is 0. The van der Waals surface area contributed by atoms with Crippen LogP contribution in [0.1, 0.15) is 12.6 Å². The number of aromatic nitrogens is 2. The first-order valence-corrected chi connectivity index (χ1v) is 7.19. The van der Waals surface area contributed by atoms with E-state index in [4.69, 9.17) is 21.1 Å². The van der Waals surface area contributed by atoms with Gasteiger partial charge in [0.15, 0.2) is 5.69 Å². The average molecular weight is 379 g/mol. The fourth-order valence-electron chi connectivity index (χ4n) is 1.96. The molecule has 1 aromatic heterocycles. The van der Waals surface area contributed by atoms with Gasteiger partial charge in [0.2, 0.25) is 5.75 Å². The quantitative estimate of drug-likeness (QED) is 0.550. The molecule has 0 saturated carbocycles. The van der Waals surface area contributed by atoms with Crippen molar-refractivity contribution in [2.45, 2.75) is 13.1 Å². The van der Waals surface area contributed by atoms with E-state index in [-0.39, 0.29) is 23.8 Å². The van der Waals surface area contributed by atoms with Crippen molar-refractivity contribution in [3.05, 3.63) is 45.5 Å². The molecule has 2 rings (SSSR count). The molecule has 2 aromatic rings. The van der Waals surface area contributed by atoms with Crippen molar-refractivity contribution < 1.29 is 27.6 Å². The third-order valence-electron chi connectivity index (χ3n) is 2.98. The van der Waals surface area contributed by atoms with Gasteiger partial charge in [-0.2, -0.15) is 13.2 Å². The molecular weight excluding hydrogens is 367 g/mol. The Morgan fingerprint density at radius 3 is 2.64 bits per heavy atom. The van der Waals surface area contributed by atoms with Gasteiger partial charge in [-0.1, -0.05) is 18.5 Å². The summed E-state index contributed by atoms with van der Waals surface area (Å²) in [6, 6.07) is 3.50. The highest BCUT2D eigenvalue weighted by atomic mass is 35.5. The van der Waals surface area contributed by atoms with Crippen LogP contribution in [0.25, 0.3) is 0 Å². The third-order valence-corrected chi connectivity index (χ3v) is 3.32. The van der Waals surface area contributed by atoms with Gasteiger partial charge in [-0.15, -0.1) is 5.10 Å². The Bertz CT molecular complexity index is 792. The highest BCUT2D eigenvalue weighted by Crippen LogP contribution is 2.41. The lowest BCUT2D eigenvalue weighted by Gasteiger charge is -2.08. The van der Waals surface area contributed by atoms with Crippen molar-refractivity contribution in [2.75, 3.05) is 6.61 Å². The number of nitro groups is 1. The number of hydrogen-bond acceptors (Lipinski definition) is 5. The molecule has 7 nitrogen and oxygen atoms in total. The van der Waals surface area contributed by atoms with Crippen LogP contribution in [0.5, 0.6) is 17.4 Å². The van der Waals surface area contributed by atoms with Crippen LogP contribution in [0.2, 0.25) is 5.02 Å². The molecule has 0 aliphatic rings. The van der Waals surface area contributed by atoms with E-state index in [1.165, 1.54) is 12.1 Å². The number of benzene rings is 1. The van der Waals surface area contributed by atoms with E-state index >= 15 is 0 Å². The Labute approximate surface area is 145 Å². The minimum absolute atomic E-state index is 0.00886. The van der Waals surface area contributed by atoms with Crippen molar-refractivity contribution in [3.8, 4) is 17.4 Å². The molecule has 0 aliphatic heterocycles. The molecule has 0 saturated heterocycles. The van der Waals surface area contributed by atoms with E-state index in [1.807, 2.05) is 0 Å². The zero-order chi connectivity index (χ0) is 18.8. The molecular formula is C14H12ClF3N3O4. The highest BCUT2D eigenvalue weighted by Gasteiger charge is 2.39. The van der Waals surface area contributed by atoms with Gasteiger partial charge in [-0.3, -0.25) is 14.8 Å². The Kier molecular flexibility index (Phi) is 5.41. The number of ether oxygens (including phenoxy) is 2. The van der Waals surface area contributed by atoms with E-state index in [0.717, 1.165) is 13.1 Å². The number of aryl methyl sites for hydroxylation is 1. The summed E-state index contributed by atoms with van der Waals surface area (Å²) in [6.07, 6.45) is -3.08. The van der Waals surface area contributed by atoms with Crippen molar-refractivity contribution in [2.24, 2.45) is 7.05 Å². The summed E-state index contributed by atoms with van der Waals surface area (Å²) in [5.74, 6) is -0.576. The first-order valence-electron chi connectivity index (χ1n) is 6.81. The number of alkyl halides is 3. The highest BCUT2D eigenvalue weighted by molar-refractivity contribution is 6.32. The molecule has 25 heavy (non-hydrogen) atoms. The molecule has 0 spiro atoms. The summed E-state index contributed by atoms with van der Waals surface area (Å²) >= 11 is 5.70. The Balaban J connectivity index is 2.36. The monoisotopic (exact) mass is 378 g/mol. The summed E-state index contributed by atoms with van der Waals surface area (Å²) in [5.41, 5.74) is -1.47. The number of halogens is 4. The summed E-state index contributed by atoms with van der Waals surface area (Å²) in [4.78, 5) is 10.3. The van der Waals surface area contributed by atoms with Crippen molar-refractivity contribution in [1.82, 2.24) is 9.78 Å². The van der Waals surface area contributed by atoms with Crippen molar-refractivity contribution in [1.29, 1.82) is 0 Å². The maximum atomic E-state index is 12.9. The van der Waals surface area contributed by atoms with Crippen LogP contribution >= 0.6 is 11.6 Å². The zero-order valence-electron chi connectivity index (χ0n) is 13.0. The molecule has 1 heterocycles. The predicted molar refractivity (Wildman–Crippen MR) is 81.9 cm³/mol. The van der Waals surface area contributed by atoms with Crippen LogP contribution in [-0.2, 0) is 13.2 Å². The molecule has 0 N–H and O–H groups in total. The maximum Gasteiger partial charge on any atom is 0.434 e. The average Bonchev–Trinajstić information content (AvgIpc) is 2.78. The summed E-state index contributed by atoms with van der Waals surface area (Å²) in [6.45, 7) is 1.80. The fraction of sp³-hybridized carbons (Fsp3) is 0.286. The standard InChI is InChI=1S/C14H12ClF3N3O4/c1-3-6-24-10-7-8(4-5-9(10)21(22)23)25-13-11(15)12(14(16,17)18)20(2)19-13/h3-5,7H,6H2,1-2H3. The van der Waals surface area contributed by atoms with E-state index in [1.54, 1.807) is 13.3 Å². The van der Waals surface area contributed by atoms with Crippen molar-refractivity contribution in [3.63, 3.8) is 0 Å². The molecule has 0 aliphatic carbocycles. The normalized spacial score (nSPS) is 11.4. The number of nitro benzene ring substituents is 1. The topological polar surface area (TPSA) is 79.4 Å². The molecule has 1 aromatic carbocycles. The van der Waals surface area contributed by atoms with Gasteiger partial charge < -0.3 is 9.47 Å². The fourth-order valence-corrected chi connectivity index (χ4v) is 2.26. The second-order valence-electron chi connectivity index (χ2n) is 4.80. The SMILES string of the molecule is C[CH]COc1cc(Oc2nn(C)c(C(F)(F)F)c2Cl)ccc1[N+](=O)[O-]. The predicted octanol–water partition coefficient (Wildman–Crippen LogP) is 4.40. The van der Waals surface area contributed by atoms with E-state index in [2.05, 4.69) is 5.10 Å². The second kappa shape index (κ2) is 7.18. The minimum Gasteiger partial charge on any atom is -0.486 e. The van der Waals surface area contributed by atoms with Crippen LogP contribution in [0, 0.1) is 16.5 Å². The van der Waals surface area contributed by atoms with Gasteiger partial charge >= 0.3 is 11.9 Å². The second-order valence-corrected chi connectivity index (χ2v) is 5.18. The maximum absolute atomic E-state index is 12.9. The lowest BCUT2D eigenvalue weighted by molar-refractivity contribution is -0.385. The molecule has 0 bridgehead atoms. The Morgan fingerprint density at radius 2 is 2.12 bits per heavy atom. The van der Waals surface area contributed by atoms with Gasteiger partial charge in [0, 0.05) is 19.2 Å². The summed E-state index contributed by atoms with van der Waals surface area (Å²) in [7, 11) is 1.07. The minimum atomic E-state index is -4.71. The smallest absolute Gasteiger partial charge is 0.434 e. The van der Waals surface area contributed by atoms with Gasteiger partial charge in [-0.25, -0.2) is 0 Å². The Morgan fingerprint density at radius 1 is 1.44 bits per heavy atom. The third kappa shape index (κ3) is 4.13. The largest absolute Gasteiger partial charge is 0.486 e. The van der Waals surface area contributed by atoms with E-state index < -0.39 is 27.7 Å². The van der Waals surface area contributed by atoms with Gasteiger partial charge in [-0.05, 0) is 12.5 Å². The molecule has 0 fully saturated rings. The van der Waals surface area contributed by atoms with Gasteiger partial charge in [0.25, 0.3) is 5.88 Å². The van der Waals surface area contributed by atoms with Crippen LogP contribution in [-0.4, -0.2) is 21.3 Å². The summed E-state index contributed by atoms with van der Waals surface area (Å²) in [5, 5.41) is 13.9. The van der Waals surface area contributed by atoms with Crippen LogP contribution in [0.4, 0.5) is 18.9 Å². The molecule has 135 valence electrons. The van der Waals surface area contributed by atoms with Gasteiger partial charge in [0.05, 0.1) is 11.5 Å². The van der Waals surface area contributed by atoms with E-state index in [9.17, 15) is 23.3 Å². The van der Waals surface area contributed by atoms with Crippen molar-refractivity contribution >= 4 is 17.3 Å². The number of nitrogens with zero attached hydrogens (tertiary/aromatic N) is 3. The van der Waals surface area contributed by atoms with E-state index in [0.29, 0.717) is 4.68 Å². The molecule has 0 atom stereocenters. The first-order chi connectivity index (χ1) is 11.6. The lowest BCUT2D eigenvalue weighted by Crippen LogP contribution is -2.12. The Hall–Kier alpha value is -2.49. The lowest BCUT2D eigenvalue weighted by atomic mass is 10.3. The van der Waals surface area contributed by atoms with Crippen LogP contribution < -0.4 is 9.47 Å². The molecule has 0 amide bonds. The summed E-state index contributed by atoms with van der Waals surface area (Å²) < 4.78 is 49.7. The number of rotatable bonds is 6.